The lowest BCUT2D eigenvalue weighted by Gasteiger charge is -2.29. The van der Waals surface area contributed by atoms with Crippen LogP contribution in [0, 0.1) is 17.3 Å². The molecular weight excluding hydrogens is 386 g/mol. The molecule has 9 heteroatoms. The number of rotatable bonds is 7. The minimum atomic E-state index is -0.578. The van der Waals surface area contributed by atoms with E-state index in [0.29, 0.717) is 31.1 Å². The van der Waals surface area contributed by atoms with E-state index in [1.54, 1.807) is 10.4 Å². The molecule has 3 aliphatic rings. The first-order valence-electron chi connectivity index (χ1n) is 10.8. The van der Waals surface area contributed by atoms with E-state index in [0.717, 1.165) is 38.5 Å². The van der Waals surface area contributed by atoms with Crippen molar-refractivity contribution in [2.24, 2.45) is 17.3 Å². The van der Waals surface area contributed by atoms with Gasteiger partial charge in [-0.3, -0.25) is 24.6 Å². The van der Waals surface area contributed by atoms with Gasteiger partial charge in [0.2, 0.25) is 17.7 Å². The Morgan fingerprint density at radius 1 is 1.23 bits per heavy atom. The molecule has 2 saturated carbocycles. The van der Waals surface area contributed by atoms with Crippen LogP contribution in [0.2, 0.25) is 0 Å². The highest BCUT2D eigenvalue weighted by atomic mass is 16.5. The van der Waals surface area contributed by atoms with Crippen LogP contribution in [0.4, 0.5) is 5.82 Å². The van der Waals surface area contributed by atoms with E-state index >= 15 is 0 Å². The number of nitrogens with zero attached hydrogens (tertiary/aromatic N) is 3. The van der Waals surface area contributed by atoms with Gasteiger partial charge < -0.3 is 10.2 Å². The van der Waals surface area contributed by atoms with Crippen molar-refractivity contribution in [2.45, 2.75) is 63.8 Å². The molecule has 1 aromatic rings. The number of likely N-dealkylation sites (tertiary alicyclic amines) is 1. The first-order valence-corrected chi connectivity index (χ1v) is 10.8. The lowest BCUT2D eigenvalue weighted by molar-refractivity contribution is -0.144. The number of carbonyl (C=O) groups excluding carboxylic acids is 3. The molecule has 0 bridgehead atoms. The number of amides is 3. The highest BCUT2D eigenvalue weighted by Crippen LogP contribution is 2.55. The molecule has 162 valence electrons. The summed E-state index contributed by atoms with van der Waals surface area (Å²) in [4.78, 5) is 48.1. The fourth-order valence-corrected chi connectivity index (χ4v) is 5.06. The molecule has 1 aromatic heterocycles. The number of hydrogen-bond donors (Lipinski definition) is 3. The zero-order valence-corrected chi connectivity index (χ0v) is 17.0. The third kappa shape index (κ3) is 4.61. The number of hydroxylamine groups is 1. The summed E-state index contributed by atoms with van der Waals surface area (Å²) in [6, 6.07) is -0.578. The van der Waals surface area contributed by atoms with E-state index in [1.807, 2.05) is 0 Å². The van der Waals surface area contributed by atoms with Crippen molar-refractivity contribution in [2.75, 3.05) is 11.9 Å². The summed E-state index contributed by atoms with van der Waals surface area (Å²) >= 11 is 0. The van der Waals surface area contributed by atoms with Crippen LogP contribution in [0.3, 0.4) is 0 Å². The molecule has 3 N–H and O–H groups in total. The number of carbonyl (C=O) groups is 3. The van der Waals surface area contributed by atoms with Crippen molar-refractivity contribution >= 4 is 23.5 Å². The van der Waals surface area contributed by atoms with Gasteiger partial charge in [-0.25, -0.2) is 10.5 Å². The van der Waals surface area contributed by atoms with Crippen LogP contribution in [-0.4, -0.2) is 50.4 Å². The fraction of sp³-hybridized carbons (Fsp3) is 0.667. The Labute approximate surface area is 175 Å². The van der Waals surface area contributed by atoms with Gasteiger partial charge in [-0.05, 0) is 37.0 Å². The highest BCUT2D eigenvalue weighted by Gasteiger charge is 2.55. The maximum absolute atomic E-state index is 13.5. The van der Waals surface area contributed by atoms with E-state index in [1.165, 1.54) is 18.6 Å². The Balaban J connectivity index is 1.50. The molecule has 3 amide bonds. The van der Waals surface area contributed by atoms with Crippen molar-refractivity contribution in [1.82, 2.24) is 20.3 Å². The topological polar surface area (TPSA) is 125 Å². The summed E-state index contributed by atoms with van der Waals surface area (Å²) in [6.07, 6.45) is 12.1. The standard InChI is InChI=1S/C21H29N5O4/c27-18(25-30)10-15(9-14-3-1-2-4-14)20(29)26-13-21(5-6-21)11-16(26)19(28)24-17-12-22-7-8-23-17/h7-8,12,14-16,30H,1-6,9-11,13H2,(H,25,27)(H,23,24,28)/t15?,16-/m0/s1. The molecule has 1 unspecified atom stereocenters. The first kappa shape index (κ1) is 20.7. The summed E-state index contributed by atoms with van der Waals surface area (Å²) in [5.74, 6) is -0.746. The van der Waals surface area contributed by atoms with E-state index < -0.39 is 17.9 Å². The average molecular weight is 415 g/mol. The predicted octanol–water partition coefficient (Wildman–Crippen LogP) is 1.89. The van der Waals surface area contributed by atoms with Gasteiger partial charge in [-0.1, -0.05) is 25.7 Å². The Morgan fingerprint density at radius 2 is 2.00 bits per heavy atom. The van der Waals surface area contributed by atoms with Gasteiger partial charge in [0.05, 0.1) is 6.20 Å². The van der Waals surface area contributed by atoms with Crippen LogP contribution in [-0.2, 0) is 14.4 Å². The van der Waals surface area contributed by atoms with E-state index in [9.17, 15) is 14.4 Å². The minimum Gasteiger partial charge on any atom is -0.330 e. The summed E-state index contributed by atoms with van der Waals surface area (Å²) in [6.45, 7) is 0.548. The van der Waals surface area contributed by atoms with Gasteiger partial charge >= 0.3 is 0 Å². The van der Waals surface area contributed by atoms with Crippen molar-refractivity contribution < 1.29 is 19.6 Å². The zero-order chi connectivity index (χ0) is 21.1. The molecule has 9 nitrogen and oxygen atoms in total. The van der Waals surface area contributed by atoms with Gasteiger partial charge in [0.15, 0.2) is 5.82 Å². The molecule has 3 fully saturated rings. The number of nitrogens with one attached hydrogen (secondary N) is 2. The number of anilines is 1. The van der Waals surface area contributed by atoms with Crippen molar-refractivity contribution in [1.29, 1.82) is 0 Å². The van der Waals surface area contributed by atoms with Gasteiger partial charge in [-0.15, -0.1) is 0 Å². The molecular formula is C21H29N5O4. The SMILES string of the molecule is O=C(CC(CC1CCCC1)C(=O)N1CC2(CC2)C[C@H]1C(=O)Nc1cnccn1)NO. The minimum absolute atomic E-state index is 0.0250. The lowest BCUT2D eigenvalue weighted by Crippen LogP contribution is -2.46. The normalized spacial score (nSPS) is 23.4. The van der Waals surface area contributed by atoms with E-state index in [-0.39, 0.29) is 23.7 Å². The second kappa shape index (κ2) is 8.67. The third-order valence-electron chi connectivity index (χ3n) is 6.86. The molecule has 2 heterocycles. The van der Waals surface area contributed by atoms with E-state index in [2.05, 4.69) is 15.3 Å². The predicted molar refractivity (Wildman–Crippen MR) is 107 cm³/mol. The largest absolute Gasteiger partial charge is 0.330 e. The van der Waals surface area contributed by atoms with Crippen molar-refractivity contribution in [3.05, 3.63) is 18.6 Å². The summed E-state index contributed by atoms with van der Waals surface area (Å²) in [5.41, 5.74) is 1.68. The van der Waals surface area contributed by atoms with Crippen LogP contribution in [0.5, 0.6) is 0 Å². The number of hydrogen-bond acceptors (Lipinski definition) is 6. The quantitative estimate of drug-likeness (QED) is 0.461. The lowest BCUT2D eigenvalue weighted by atomic mass is 9.89. The van der Waals surface area contributed by atoms with Crippen LogP contribution in [0.25, 0.3) is 0 Å². The van der Waals surface area contributed by atoms with Crippen molar-refractivity contribution in [3.8, 4) is 0 Å². The van der Waals surface area contributed by atoms with Crippen LogP contribution < -0.4 is 10.8 Å². The highest BCUT2D eigenvalue weighted by molar-refractivity contribution is 5.97. The maximum Gasteiger partial charge on any atom is 0.248 e. The van der Waals surface area contributed by atoms with E-state index in [4.69, 9.17) is 5.21 Å². The molecule has 30 heavy (non-hydrogen) atoms. The molecule has 2 atom stereocenters. The van der Waals surface area contributed by atoms with Gasteiger partial charge in [0.25, 0.3) is 0 Å². The van der Waals surface area contributed by atoms with Gasteiger partial charge in [0, 0.05) is 31.3 Å². The molecule has 1 aliphatic heterocycles. The second-order valence-electron chi connectivity index (χ2n) is 9.09. The first-order chi connectivity index (χ1) is 14.5. The molecule has 1 saturated heterocycles. The zero-order valence-electron chi connectivity index (χ0n) is 17.0. The molecule has 4 rings (SSSR count). The average Bonchev–Trinajstić information content (AvgIpc) is 3.13. The Morgan fingerprint density at radius 3 is 2.63 bits per heavy atom. The van der Waals surface area contributed by atoms with Gasteiger partial charge in [0.1, 0.15) is 6.04 Å². The number of aromatic nitrogens is 2. The Hall–Kier alpha value is -2.55. The maximum atomic E-state index is 13.5. The molecule has 1 spiro atoms. The molecule has 0 aromatic carbocycles. The van der Waals surface area contributed by atoms with Crippen LogP contribution in [0.15, 0.2) is 18.6 Å². The second-order valence-corrected chi connectivity index (χ2v) is 9.09. The van der Waals surface area contributed by atoms with Gasteiger partial charge in [-0.2, -0.15) is 0 Å². The molecule has 0 radical (unpaired) electrons. The van der Waals surface area contributed by atoms with Crippen molar-refractivity contribution in [3.63, 3.8) is 0 Å². The Bertz CT molecular complexity index is 792. The summed E-state index contributed by atoms with van der Waals surface area (Å²) in [5, 5.41) is 11.8. The summed E-state index contributed by atoms with van der Waals surface area (Å²) < 4.78 is 0. The fourth-order valence-electron chi connectivity index (χ4n) is 5.06. The molecule has 2 aliphatic carbocycles. The smallest absolute Gasteiger partial charge is 0.248 e. The third-order valence-corrected chi connectivity index (χ3v) is 6.86. The van der Waals surface area contributed by atoms with Crippen LogP contribution >= 0.6 is 0 Å². The Kier molecular flexibility index (Phi) is 5.99. The monoisotopic (exact) mass is 415 g/mol. The summed E-state index contributed by atoms with van der Waals surface area (Å²) in [7, 11) is 0. The van der Waals surface area contributed by atoms with Crippen LogP contribution in [0.1, 0.15) is 57.8 Å².